The molecule has 0 nitrogen and oxygen atoms in total. The van der Waals surface area contributed by atoms with Gasteiger partial charge in [0.05, 0.1) is 0 Å². The molecule has 0 fully saturated rings. The zero-order valence-electron chi connectivity index (χ0n) is 31.6. The Labute approximate surface area is 312 Å². The van der Waals surface area contributed by atoms with Crippen LogP contribution in [0, 0.1) is 0 Å². The first-order valence-electron chi connectivity index (χ1n) is 19.3. The minimum absolute atomic E-state index is 0.123. The van der Waals surface area contributed by atoms with Gasteiger partial charge in [0, 0.05) is 0 Å². The van der Waals surface area contributed by atoms with E-state index in [0.29, 0.717) is 11.8 Å². The molecule has 263 valence electrons. The third-order valence-corrected chi connectivity index (χ3v) is 63.8. The molecule has 0 N–H and O–H groups in total. The van der Waals surface area contributed by atoms with Crippen molar-refractivity contribution in [2.45, 2.75) is 112 Å². The molecular formula is C46H57Cl2SiZr. The van der Waals surface area contributed by atoms with E-state index in [9.17, 15) is 0 Å². The summed E-state index contributed by atoms with van der Waals surface area (Å²) in [7, 11) is 17.6. The molecule has 2 aliphatic carbocycles. The van der Waals surface area contributed by atoms with Crippen molar-refractivity contribution >= 4 is 35.1 Å². The van der Waals surface area contributed by atoms with Crippen LogP contribution >= 0.6 is 17.0 Å². The normalized spacial score (nSPS) is 17.9. The Morgan fingerprint density at radius 2 is 0.960 bits per heavy atom. The van der Waals surface area contributed by atoms with Crippen molar-refractivity contribution in [1.29, 1.82) is 0 Å². The van der Waals surface area contributed by atoms with E-state index in [2.05, 4.69) is 152 Å². The molecule has 2 atom stereocenters. The van der Waals surface area contributed by atoms with E-state index in [1.54, 1.807) is 0 Å². The first-order valence-corrected chi connectivity index (χ1v) is 35.7. The molecule has 0 spiro atoms. The predicted octanol–water partition coefficient (Wildman–Crippen LogP) is 15.2. The van der Waals surface area contributed by atoms with E-state index < -0.39 is 21.5 Å². The van der Waals surface area contributed by atoms with E-state index in [0.717, 1.165) is 38.5 Å². The summed E-state index contributed by atoms with van der Waals surface area (Å²) >= 11 is -4.86. The van der Waals surface area contributed by atoms with Gasteiger partial charge in [-0.1, -0.05) is 0 Å². The summed E-state index contributed by atoms with van der Waals surface area (Å²) in [4.78, 5) is 0. The quantitative estimate of drug-likeness (QED) is 0.118. The topological polar surface area (TPSA) is 0 Å². The number of halogens is 2. The molecule has 0 amide bonds. The molecule has 6 rings (SSSR count). The molecular weight excluding hydrogens is 743 g/mol. The number of benzene rings is 4. The monoisotopic (exact) mass is 797 g/mol. The van der Waals surface area contributed by atoms with Crippen LogP contribution in [0.25, 0.3) is 34.4 Å². The summed E-state index contributed by atoms with van der Waals surface area (Å²) in [6, 6.07) is 32.4. The summed E-state index contributed by atoms with van der Waals surface area (Å²) in [5, 5.41) is 0. The summed E-state index contributed by atoms with van der Waals surface area (Å²) in [5.41, 5.74) is 16.4. The molecule has 4 heteroatoms. The predicted molar refractivity (Wildman–Crippen MR) is 223 cm³/mol. The summed E-state index contributed by atoms with van der Waals surface area (Å²) < 4.78 is 0.246. The van der Waals surface area contributed by atoms with Gasteiger partial charge in [-0.2, -0.15) is 0 Å². The molecule has 4 aromatic rings. The van der Waals surface area contributed by atoms with Gasteiger partial charge in [-0.3, -0.25) is 0 Å². The fourth-order valence-corrected chi connectivity index (χ4v) is 40.4. The summed E-state index contributed by atoms with van der Waals surface area (Å²) in [5.74, 6) is -0.617. The molecule has 0 saturated heterocycles. The van der Waals surface area contributed by atoms with Crippen molar-refractivity contribution < 1.29 is 15.6 Å². The number of unbranched alkanes of at least 4 members (excludes halogenated alkanes) is 2. The standard InChI is InChI=1S/2C22H25.C2H7Si.2ClH.Zr/c2*1-4-5-7-17-14-20-8-6-9-21(22(20)15-17)19-12-10-18(11-13-19)16(2)3;1-3-2;;;/h2*6,8-16H,4-5,7H2,1-3H3;3H,1-2H3;2*1H;/q;;;;;+2/p-2. The number of allylic oxidation sites excluding steroid dienone is 2. The molecule has 0 heterocycles. The Hall–Kier alpha value is -1.96. The zero-order valence-corrected chi connectivity index (χ0v) is 36.7. The Bertz CT molecular complexity index is 1760. The molecule has 4 aromatic carbocycles. The first-order chi connectivity index (χ1) is 23.9. The second-order valence-corrected chi connectivity index (χ2v) is 58.6. The second-order valence-electron chi connectivity index (χ2n) is 16.1. The SMILES string of the molecule is CCCCC1=Cc2c(-c3ccc(C(C)C)cc3)cccc2[CH]1[Zr]([Cl])([Cl])([CH]1C(CCCC)=Cc2c(-c3ccc(C(C)C)cc3)cccc21)[SiH](C)C. The number of hydrogen-bond donors (Lipinski definition) is 0. The van der Waals surface area contributed by atoms with Gasteiger partial charge in [0.2, 0.25) is 0 Å². The second kappa shape index (κ2) is 15.2. The molecule has 50 heavy (non-hydrogen) atoms. The van der Waals surface area contributed by atoms with Crippen molar-refractivity contribution in [3.8, 4) is 22.3 Å². The Morgan fingerprint density at radius 1 is 0.580 bits per heavy atom. The third-order valence-electron chi connectivity index (χ3n) is 11.9. The van der Waals surface area contributed by atoms with Crippen molar-refractivity contribution in [2.75, 3.05) is 0 Å². The third kappa shape index (κ3) is 6.70. The minimum atomic E-state index is -4.86. The maximum absolute atomic E-state index is 8.81. The van der Waals surface area contributed by atoms with Gasteiger partial charge < -0.3 is 0 Å². The average molecular weight is 800 g/mol. The molecule has 2 aliphatic rings. The van der Waals surface area contributed by atoms with E-state index in [1.165, 1.54) is 66.8 Å². The van der Waals surface area contributed by atoms with E-state index in [4.69, 9.17) is 17.0 Å². The molecule has 0 radical (unpaired) electrons. The van der Waals surface area contributed by atoms with E-state index in [-0.39, 0.29) is 7.25 Å². The van der Waals surface area contributed by atoms with Gasteiger partial charge in [0.15, 0.2) is 0 Å². The maximum atomic E-state index is 8.81. The summed E-state index contributed by atoms with van der Waals surface area (Å²) in [6.45, 7) is 18.6. The molecule has 0 aromatic heterocycles. The number of rotatable bonds is 13. The van der Waals surface area contributed by atoms with Crippen LogP contribution in [0.4, 0.5) is 0 Å². The van der Waals surface area contributed by atoms with Crippen molar-refractivity contribution in [2.24, 2.45) is 0 Å². The first kappa shape index (κ1) is 37.8. The van der Waals surface area contributed by atoms with Crippen LogP contribution in [0.1, 0.15) is 133 Å². The Balaban J connectivity index is 1.55. The van der Waals surface area contributed by atoms with Gasteiger partial charge in [0.25, 0.3) is 0 Å². The van der Waals surface area contributed by atoms with Gasteiger partial charge in [0.1, 0.15) is 0 Å². The fourth-order valence-electron chi connectivity index (χ4n) is 8.86. The molecule has 0 saturated carbocycles. The van der Waals surface area contributed by atoms with Crippen LogP contribution in [-0.4, -0.2) is 5.92 Å². The van der Waals surface area contributed by atoms with Crippen LogP contribution in [0.2, 0.25) is 13.1 Å². The fraction of sp³-hybridized carbons (Fsp3) is 0.391. The van der Waals surface area contributed by atoms with Crippen molar-refractivity contribution in [3.63, 3.8) is 0 Å². The van der Waals surface area contributed by atoms with Crippen LogP contribution in [0.3, 0.4) is 0 Å². The van der Waals surface area contributed by atoms with Gasteiger partial charge >= 0.3 is 315 Å². The zero-order chi connectivity index (χ0) is 35.8. The van der Waals surface area contributed by atoms with Crippen LogP contribution < -0.4 is 0 Å². The molecule has 2 unspecified atom stereocenters. The van der Waals surface area contributed by atoms with Crippen LogP contribution in [0.5, 0.6) is 0 Å². The summed E-state index contributed by atoms with van der Waals surface area (Å²) in [6.07, 6.45) is 11.8. The Morgan fingerprint density at radius 3 is 1.28 bits per heavy atom. The average Bonchev–Trinajstić information content (AvgIpc) is 3.69. The number of fused-ring (bicyclic) bond motifs is 2. The molecule has 0 bridgehead atoms. The van der Waals surface area contributed by atoms with Gasteiger partial charge in [-0.05, 0) is 0 Å². The van der Waals surface area contributed by atoms with E-state index in [1.807, 2.05) is 0 Å². The van der Waals surface area contributed by atoms with Crippen LogP contribution in [-0.2, 0) is 15.6 Å². The van der Waals surface area contributed by atoms with Crippen LogP contribution in [0.15, 0.2) is 96.1 Å². The van der Waals surface area contributed by atoms with Gasteiger partial charge in [-0.15, -0.1) is 0 Å². The Kier molecular flexibility index (Phi) is 11.5. The van der Waals surface area contributed by atoms with Gasteiger partial charge in [-0.25, -0.2) is 0 Å². The van der Waals surface area contributed by atoms with Crippen molar-refractivity contribution in [1.82, 2.24) is 0 Å². The van der Waals surface area contributed by atoms with Crippen molar-refractivity contribution in [3.05, 3.63) is 129 Å². The van der Waals surface area contributed by atoms with E-state index >= 15 is 0 Å². The number of hydrogen-bond acceptors (Lipinski definition) is 0. The molecule has 0 aliphatic heterocycles.